The van der Waals surface area contributed by atoms with Crippen LogP contribution in [0.2, 0.25) is 0 Å². The fourth-order valence-corrected chi connectivity index (χ4v) is 9.32. The highest BCUT2D eigenvalue weighted by molar-refractivity contribution is 7.86. The van der Waals surface area contributed by atoms with E-state index in [9.17, 15) is 34.8 Å². The molecule has 0 saturated heterocycles. The minimum absolute atomic E-state index is 0.170. The Morgan fingerprint density at radius 2 is 1.00 bits per heavy atom. The van der Waals surface area contributed by atoms with E-state index in [0.717, 1.165) is 48.5 Å². The molecule has 11 heteroatoms. The van der Waals surface area contributed by atoms with Crippen molar-refractivity contribution >= 4 is 10.1 Å². The third-order valence-electron chi connectivity index (χ3n) is 3.92. The van der Waals surface area contributed by atoms with E-state index in [1.807, 2.05) is 0 Å². The number of rotatable bonds is 5. The average Bonchev–Trinajstić information content (AvgIpc) is 2.72. The molecule has 0 heterocycles. The summed E-state index contributed by atoms with van der Waals surface area (Å²) in [7, 11) is -4.31. The van der Waals surface area contributed by atoms with Crippen molar-refractivity contribution in [1.82, 2.24) is 0 Å². The molecule has 0 saturated carbocycles. The molecule has 0 unspecified atom stereocenters. The maximum Gasteiger partial charge on any atom is 0.416 e. The van der Waals surface area contributed by atoms with Gasteiger partial charge in [0.2, 0.25) is 0 Å². The number of hydrogen-bond donors (Lipinski definition) is 0. The number of halogens is 7. The van der Waals surface area contributed by atoms with Crippen LogP contribution in [0.1, 0.15) is 11.1 Å². The lowest BCUT2D eigenvalue weighted by molar-refractivity contribution is -1.03. The van der Waals surface area contributed by atoms with Gasteiger partial charge in [0.25, 0.3) is 0 Å². The first-order valence-corrected chi connectivity index (χ1v) is 12.9. The Morgan fingerprint density at radius 1 is 0.613 bits per heavy atom. The summed E-state index contributed by atoms with van der Waals surface area (Å²) in [6.45, 7) is 0. The molecule has 0 spiro atoms. The van der Waals surface area contributed by atoms with Crippen molar-refractivity contribution in [1.29, 1.82) is 0 Å². The van der Waals surface area contributed by atoms with Crippen molar-refractivity contribution < 1.29 is 57.5 Å². The van der Waals surface area contributed by atoms with Crippen molar-refractivity contribution in [3.05, 3.63) is 97.1 Å². The second-order valence-electron chi connectivity index (χ2n) is 6.09. The molecule has 0 aliphatic heterocycles. The summed E-state index contributed by atoms with van der Waals surface area (Å²) in [4.78, 5) is -0.170. The van der Waals surface area contributed by atoms with Crippen molar-refractivity contribution in [3.63, 3.8) is 0 Å². The number of benzene rings is 3. The Kier molecular flexibility index (Phi) is 6.67. The van der Waals surface area contributed by atoms with Crippen LogP contribution in [0.4, 0.5) is 26.3 Å². The van der Waals surface area contributed by atoms with Crippen LogP contribution < -0.4 is 20.2 Å². The fraction of sp³-hybridized carbons (Fsp3) is 0.100. The van der Waals surface area contributed by atoms with Gasteiger partial charge in [-0.1, -0.05) is 18.2 Å². The number of hydrogen-bond acceptors (Lipinski definition) is 3. The van der Waals surface area contributed by atoms with E-state index in [0.29, 0.717) is 0 Å². The first-order valence-electron chi connectivity index (χ1n) is 8.42. The van der Waals surface area contributed by atoms with Gasteiger partial charge in [-0.2, -0.15) is 34.8 Å². The zero-order chi connectivity index (χ0) is 22.9. The van der Waals surface area contributed by atoms with Gasteiger partial charge in [-0.15, -0.1) is 0 Å². The molecule has 0 aromatic heterocycles. The van der Waals surface area contributed by atoms with Crippen LogP contribution in [0, 0.1) is 7.14 Å². The van der Waals surface area contributed by atoms with E-state index in [2.05, 4.69) is 0 Å². The molecule has 3 aromatic carbocycles. The maximum absolute atomic E-state index is 12.9. The van der Waals surface area contributed by atoms with Crippen molar-refractivity contribution in [2.45, 2.75) is 17.2 Å². The van der Waals surface area contributed by atoms with Crippen LogP contribution in [-0.2, 0) is 25.0 Å². The summed E-state index contributed by atoms with van der Waals surface area (Å²) in [5.74, 6) is 0. The summed E-state index contributed by atoms with van der Waals surface area (Å²) >= 11 is -3.44. The zero-order valence-electron chi connectivity index (χ0n) is 15.3. The molecule has 3 nitrogen and oxygen atoms in total. The molecule has 3 rings (SSSR count). The molecular weight excluding hydrogens is 561 g/mol. The highest BCUT2D eigenvalue weighted by atomic mass is 127. The molecule has 31 heavy (non-hydrogen) atoms. The molecular formula is C20H13F6IO3S+. The smallest absolute Gasteiger partial charge is 0.190 e. The van der Waals surface area contributed by atoms with E-state index in [4.69, 9.17) is 2.51 Å². The quantitative estimate of drug-likeness (QED) is 0.348. The Morgan fingerprint density at radius 3 is 1.35 bits per heavy atom. The molecule has 0 aliphatic rings. The highest BCUT2D eigenvalue weighted by Crippen LogP contribution is 2.29. The van der Waals surface area contributed by atoms with E-state index in [1.54, 1.807) is 6.07 Å². The number of alkyl halides is 6. The minimum Gasteiger partial charge on any atom is -0.190 e. The summed E-state index contributed by atoms with van der Waals surface area (Å²) in [6.07, 6.45) is -9.19. The average molecular weight is 574 g/mol. The minimum atomic E-state index is -4.59. The van der Waals surface area contributed by atoms with Gasteiger partial charge in [-0.3, -0.25) is 0 Å². The van der Waals surface area contributed by atoms with Gasteiger partial charge in [0.1, 0.15) is 0 Å². The summed E-state index contributed by atoms with van der Waals surface area (Å²) in [5, 5.41) is 0. The summed E-state index contributed by atoms with van der Waals surface area (Å²) in [6, 6.07) is 14.6. The van der Waals surface area contributed by atoms with E-state index >= 15 is 0 Å². The lowest BCUT2D eigenvalue weighted by Gasteiger charge is -2.10. The van der Waals surface area contributed by atoms with Crippen LogP contribution >= 0.6 is 0 Å². The molecule has 0 amide bonds. The van der Waals surface area contributed by atoms with Crippen molar-refractivity contribution in [3.8, 4) is 0 Å². The fourth-order valence-electron chi connectivity index (χ4n) is 2.41. The van der Waals surface area contributed by atoms with Gasteiger partial charge in [-0.05, 0) is 63.2 Å². The normalized spacial score (nSPS) is 12.9. The zero-order valence-corrected chi connectivity index (χ0v) is 18.3. The largest absolute Gasteiger partial charge is 0.416 e. The second-order valence-corrected chi connectivity index (χ2v) is 12.6. The lowest BCUT2D eigenvalue weighted by atomic mass is 10.2. The topological polar surface area (TPSA) is 43.4 Å². The first kappa shape index (κ1) is 23.5. The monoisotopic (exact) mass is 574 g/mol. The molecule has 0 N–H and O–H groups in total. The van der Waals surface area contributed by atoms with Gasteiger partial charge in [-0.25, -0.2) is 0 Å². The van der Waals surface area contributed by atoms with Crippen LogP contribution in [0.3, 0.4) is 0 Å². The van der Waals surface area contributed by atoms with Crippen LogP contribution in [0.15, 0.2) is 83.8 Å². The predicted molar refractivity (Wildman–Crippen MR) is 95.0 cm³/mol. The van der Waals surface area contributed by atoms with Gasteiger partial charge in [0.15, 0.2) is 7.14 Å². The van der Waals surface area contributed by atoms with Crippen molar-refractivity contribution in [2.24, 2.45) is 0 Å². The van der Waals surface area contributed by atoms with Crippen molar-refractivity contribution in [2.75, 3.05) is 0 Å². The Labute approximate surface area is 181 Å². The predicted octanol–water partition coefficient (Wildman–Crippen LogP) is 2.71. The first-order chi connectivity index (χ1) is 14.4. The molecule has 1 radical (unpaired) electrons. The van der Waals surface area contributed by atoms with E-state index in [-0.39, 0.29) is 12.0 Å². The van der Waals surface area contributed by atoms with Gasteiger partial charge < -0.3 is 0 Å². The standard InChI is InChI=1S/C20H13F6IO3S/c21-19(22,23)14-6-10-16(11-7-14)27(17-12-8-15(9-13-17)20(24,25)26)30-31(28,29)18-4-2-1-3-5-18/h1-13H/q+1. The molecule has 0 aliphatic carbocycles. The Hall–Kier alpha value is -2.12. The molecule has 165 valence electrons. The van der Waals surface area contributed by atoms with E-state index < -0.39 is 53.8 Å². The maximum atomic E-state index is 12.9. The van der Waals surface area contributed by atoms with Gasteiger partial charge >= 0.3 is 42.7 Å². The molecule has 3 aromatic rings. The SMILES string of the molecule is O=S(=O)(O[I+](c1ccc(C(F)(F)F)cc1)c1ccc(C(F)(F)F)cc1)c1ccccc1. The van der Waals surface area contributed by atoms with Gasteiger partial charge in [0, 0.05) is 0 Å². The third-order valence-corrected chi connectivity index (χ3v) is 11.3. The lowest BCUT2D eigenvalue weighted by Crippen LogP contribution is -3.85. The third kappa shape index (κ3) is 5.77. The van der Waals surface area contributed by atoms with Crippen LogP contribution in [0.5, 0.6) is 0 Å². The Bertz CT molecular complexity index is 1070. The summed E-state index contributed by atoms with van der Waals surface area (Å²) in [5.41, 5.74) is -1.88. The highest BCUT2D eigenvalue weighted by Gasteiger charge is 2.40. The molecule has 0 bridgehead atoms. The summed E-state index contributed by atoms with van der Waals surface area (Å²) < 4.78 is 108. The second kappa shape index (κ2) is 8.79. The Balaban J connectivity index is 2.04. The van der Waals surface area contributed by atoms with Crippen LogP contribution in [0.25, 0.3) is 0 Å². The molecule has 0 atom stereocenters. The van der Waals surface area contributed by atoms with Gasteiger partial charge in [0.05, 0.1) is 16.0 Å². The van der Waals surface area contributed by atoms with Crippen LogP contribution in [-0.4, -0.2) is 8.42 Å². The molecule has 0 fully saturated rings. The van der Waals surface area contributed by atoms with E-state index in [1.165, 1.54) is 24.3 Å².